The molecule has 3 heteroatoms. The van der Waals surface area contributed by atoms with Crippen LogP contribution in [0.1, 0.15) is 58.8 Å². The van der Waals surface area contributed by atoms with Crippen molar-refractivity contribution >= 4 is 28.9 Å². The minimum Gasteiger partial charge on any atom is -0.146 e. The molecule has 0 aliphatic rings. The lowest BCUT2D eigenvalue weighted by molar-refractivity contribution is 0.623. The molecule has 86 valence electrons. The molecule has 0 nitrogen and oxygen atoms in total. The molecule has 0 atom stereocenters. The molecule has 0 fully saturated rings. The lowest BCUT2D eigenvalue weighted by Crippen LogP contribution is -2.17. The van der Waals surface area contributed by atoms with Gasteiger partial charge in [0.05, 0.1) is 0 Å². The molecule has 0 aliphatic heterocycles. The normalized spacial score (nSPS) is 12.0. The maximum atomic E-state index is 6.28. The Labute approximate surface area is 99.8 Å². The first-order valence-electron chi connectivity index (χ1n) is 6.00. The minimum absolute atomic E-state index is 1.06. The second-order valence-corrected chi connectivity index (χ2v) is 11.8. The fraction of sp³-hybridized carbons (Fsp3) is 1.00. The van der Waals surface area contributed by atoms with Crippen molar-refractivity contribution in [1.82, 2.24) is 0 Å². The van der Waals surface area contributed by atoms with Crippen molar-refractivity contribution in [3.63, 3.8) is 0 Å². The maximum Gasteiger partial charge on any atom is 0.251 e. The Morgan fingerprint density at radius 2 is 1.29 bits per heavy atom. The summed E-state index contributed by atoms with van der Waals surface area (Å²) in [5.74, 6) is 0. The van der Waals surface area contributed by atoms with Gasteiger partial charge in [-0.05, 0) is 12.1 Å². The van der Waals surface area contributed by atoms with Gasteiger partial charge in [0.1, 0.15) is 0 Å². The quantitative estimate of drug-likeness (QED) is 0.282. The summed E-state index contributed by atoms with van der Waals surface area (Å²) in [5, 5.41) is 0. The van der Waals surface area contributed by atoms with E-state index < -0.39 is 6.69 Å². The molecule has 0 spiro atoms. The highest BCUT2D eigenvalue weighted by atomic mass is 35.7. The fourth-order valence-electron chi connectivity index (χ4n) is 1.65. The molecule has 0 heterocycles. The molecule has 0 aromatic carbocycles. The van der Waals surface area contributed by atoms with Crippen molar-refractivity contribution in [3.8, 4) is 0 Å². The number of hydrogen-bond donors (Lipinski definition) is 0. The highest BCUT2D eigenvalue weighted by Crippen LogP contribution is 2.29. The van der Waals surface area contributed by atoms with Crippen molar-refractivity contribution in [2.24, 2.45) is 0 Å². The van der Waals surface area contributed by atoms with Gasteiger partial charge in [0.2, 0.25) is 0 Å². The van der Waals surface area contributed by atoms with E-state index >= 15 is 0 Å². The Morgan fingerprint density at radius 3 is 1.86 bits per heavy atom. The van der Waals surface area contributed by atoms with Gasteiger partial charge in [0, 0.05) is 0 Å². The van der Waals surface area contributed by atoms with Crippen LogP contribution in [0.15, 0.2) is 0 Å². The van der Waals surface area contributed by atoms with Gasteiger partial charge in [-0.2, -0.15) is 0 Å². The van der Waals surface area contributed by atoms with Crippen LogP contribution >= 0.6 is 22.2 Å². The molecule has 0 aromatic rings. The Balaban J connectivity index is 3.26. The molecular weight excluding hydrogens is 231 g/mol. The van der Waals surface area contributed by atoms with Gasteiger partial charge >= 0.3 is 0 Å². The van der Waals surface area contributed by atoms with Crippen molar-refractivity contribution < 1.29 is 0 Å². The van der Waals surface area contributed by atoms with E-state index in [-0.39, 0.29) is 0 Å². The van der Waals surface area contributed by atoms with Crippen molar-refractivity contribution in [2.45, 2.75) is 70.9 Å². The van der Waals surface area contributed by atoms with Gasteiger partial charge in [-0.25, -0.2) is 0 Å². The van der Waals surface area contributed by atoms with Gasteiger partial charge in [-0.3, -0.25) is 0 Å². The third kappa shape index (κ3) is 9.36. The average Bonchev–Trinajstić information content (AvgIpc) is 2.11. The van der Waals surface area contributed by atoms with Crippen molar-refractivity contribution in [1.29, 1.82) is 0 Å². The standard InChI is InChI=1S/C11H24Cl2Si/c1-3-5-6-7-8-9-11-14(12,13)10-4-2/h3-11H2,1-2H3. The van der Waals surface area contributed by atoms with Crippen LogP contribution in [0.4, 0.5) is 0 Å². The van der Waals surface area contributed by atoms with Crippen LogP contribution in [0, 0.1) is 0 Å². The van der Waals surface area contributed by atoms with Gasteiger partial charge in [-0.15, -0.1) is 22.2 Å². The van der Waals surface area contributed by atoms with E-state index in [1.165, 1.54) is 38.5 Å². The lowest BCUT2D eigenvalue weighted by Gasteiger charge is -2.14. The van der Waals surface area contributed by atoms with E-state index in [9.17, 15) is 0 Å². The topological polar surface area (TPSA) is 0 Å². The zero-order chi connectivity index (χ0) is 10.9. The number of unbranched alkanes of at least 4 members (excludes halogenated alkanes) is 5. The molecule has 0 aliphatic carbocycles. The molecule has 0 unspecified atom stereocenters. The van der Waals surface area contributed by atoms with E-state index in [1.807, 2.05) is 0 Å². The molecule has 0 rings (SSSR count). The van der Waals surface area contributed by atoms with Gasteiger partial charge in [-0.1, -0.05) is 58.8 Å². The van der Waals surface area contributed by atoms with Gasteiger partial charge in [0.25, 0.3) is 6.69 Å². The highest BCUT2D eigenvalue weighted by Gasteiger charge is 2.25. The average molecular weight is 255 g/mol. The molecule has 0 saturated carbocycles. The van der Waals surface area contributed by atoms with Crippen LogP contribution in [0.25, 0.3) is 0 Å². The third-order valence-electron chi connectivity index (χ3n) is 2.51. The first kappa shape index (κ1) is 14.8. The summed E-state index contributed by atoms with van der Waals surface area (Å²) in [7, 11) is 0. The van der Waals surface area contributed by atoms with E-state index in [0.29, 0.717) is 0 Å². The Hall–Kier alpha value is 0.797. The SMILES string of the molecule is CCCCCCCC[Si](Cl)(Cl)CCC. The Bertz CT molecular complexity index is 126. The molecule has 0 aromatic heterocycles. The second kappa shape index (κ2) is 9.05. The molecule has 0 amide bonds. The summed E-state index contributed by atoms with van der Waals surface area (Å²) in [6.07, 6.45) is 9.12. The molecule has 0 bridgehead atoms. The predicted molar refractivity (Wildman–Crippen MR) is 70.7 cm³/mol. The number of rotatable bonds is 9. The zero-order valence-electron chi connectivity index (χ0n) is 9.62. The first-order valence-corrected chi connectivity index (χ1v) is 10.4. The monoisotopic (exact) mass is 254 g/mol. The summed E-state index contributed by atoms with van der Waals surface area (Å²) >= 11 is 12.6. The van der Waals surface area contributed by atoms with Crippen LogP contribution in [0.5, 0.6) is 0 Å². The second-order valence-electron chi connectivity index (χ2n) is 4.12. The third-order valence-corrected chi connectivity index (χ3v) is 7.10. The summed E-state index contributed by atoms with van der Waals surface area (Å²) in [4.78, 5) is 0. The lowest BCUT2D eigenvalue weighted by atomic mass is 10.1. The first-order chi connectivity index (χ1) is 6.62. The van der Waals surface area contributed by atoms with Crippen LogP contribution in [0.2, 0.25) is 12.1 Å². The van der Waals surface area contributed by atoms with Crippen LogP contribution in [-0.4, -0.2) is 6.69 Å². The maximum absolute atomic E-state index is 6.28. The summed E-state index contributed by atoms with van der Waals surface area (Å²) < 4.78 is 0. The molecular formula is C11H24Cl2Si. The minimum atomic E-state index is -1.83. The zero-order valence-corrected chi connectivity index (χ0v) is 12.1. The van der Waals surface area contributed by atoms with Gasteiger partial charge in [0.15, 0.2) is 0 Å². The molecule has 14 heavy (non-hydrogen) atoms. The van der Waals surface area contributed by atoms with E-state index in [4.69, 9.17) is 22.2 Å². The van der Waals surface area contributed by atoms with Crippen LogP contribution in [0.3, 0.4) is 0 Å². The largest absolute Gasteiger partial charge is 0.251 e. The summed E-state index contributed by atoms with van der Waals surface area (Å²) in [5.41, 5.74) is 0. The smallest absolute Gasteiger partial charge is 0.146 e. The van der Waals surface area contributed by atoms with E-state index in [2.05, 4.69) is 13.8 Å². The highest BCUT2D eigenvalue weighted by molar-refractivity contribution is 7.45. The fourth-order valence-corrected chi connectivity index (χ4v) is 5.34. The summed E-state index contributed by atoms with van der Waals surface area (Å²) in [6, 6.07) is 2.15. The van der Waals surface area contributed by atoms with Gasteiger partial charge < -0.3 is 0 Å². The molecule has 0 radical (unpaired) electrons. The van der Waals surface area contributed by atoms with Crippen LogP contribution in [-0.2, 0) is 0 Å². The molecule has 0 N–H and O–H groups in total. The predicted octanol–water partition coefficient (Wildman–Crippen LogP) is 5.68. The number of hydrogen-bond acceptors (Lipinski definition) is 0. The van der Waals surface area contributed by atoms with E-state index in [1.54, 1.807) is 0 Å². The van der Waals surface area contributed by atoms with Crippen molar-refractivity contribution in [3.05, 3.63) is 0 Å². The Kier molecular flexibility index (Phi) is 9.57. The summed E-state index contributed by atoms with van der Waals surface area (Å²) in [6.45, 7) is 2.58. The van der Waals surface area contributed by atoms with Crippen molar-refractivity contribution in [2.75, 3.05) is 0 Å². The number of halogens is 2. The van der Waals surface area contributed by atoms with Crippen LogP contribution < -0.4 is 0 Å². The molecule has 0 saturated heterocycles. The van der Waals surface area contributed by atoms with E-state index in [0.717, 1.165) is 18.5 Å². The Morgan fingerprint density at radius 1 is 0.714 bits per heavy atom.